The maximum atomic E-state index is 13.3. The third-order valence-electron chi connectivity index (χ3n) is 6.46. The van der Waals surface area contributed by atoms with Gasteiger partial charge in [-0.25, -0.2) is 18.7 Å². The molecule has 2 aromatic heterocycles. The first-order valence-electron chi connectivity index (χ1n) is 10.9. The molecule has 0 aromatic carbocycles. The number of anilines is 1. The van der Waals surface area contributed by atoms with Crippen molar-refractivity contribution < 1.29 is 23.0 Å². The molecule has 2 fully saturated rings. The lowest BCUT2D eigenvalue weighted by atomic mass is 10.1. The van der Waals surface area contributed by atoms with E-state index >= 15 is 0 Å². The zero-order valence-corrected chi connectivity index (χ0v) is 18.2. The fraction of sp³-hybridized carbons (Fsp3) is 0.522. The fourth-order valence-corrected chi connectivity index (χ4v) is 4.53. The van der Waals surface area contributed by atoms with Crippen molar-refractivity contribution in [3.63, 3.8) is 0 Å². The highest BCUT2D eigenvalue weighted by molar-refractivity contribution is 5.83. The average molecular weight is 444 g/mol. The maximum Gasteiger partial charge on any atom is 0.260 e. The van der Waals surface area contributed by atoms with Gasteiger partial charge in [0.1, 0.15) is 23.6 Å². The first-order chi connectivity index (χ1) is 15.3. The number of methoxy groups -OCH3 is 1. The summed E-state index contributed by atoms with van der Waals surface area (Å²) in [4.78, 5) is 25.1. The molecule has 2 aliphatic heterocycles. The molecule has 9 heteroatoms. The predicted molar refractivity (Wildman–Crippen MR) is 113 cm³/mol. The van der Waals surface area contributed by atoms with Crippen molar-refractivity contribution in [1.29, 1.82) is 0 Å². The predicted octanol–water partition coefficient (Wildman–Crippen LogP) is 3.34. The van der Waals surface area contributed by atoms with Crippen molar-refractivity contribution in [1.82, 2.24) is 14.9 Å². The van der Waals surface area contributed by atoms with Crippen LogP contribution in [0.3, 0.4) is 0 Å². The van der Waals surface area contributed by atoms with Crippen LogP contribution in [0.15, 0.2) is 24.4 Å². The number of alkyl halides is 2. The summed E-state index contributed by atoms with van der Waals surface area (Å²) in [6.07, 6.45) is 3.14. The SMILES string of the molecule is COc1ccc(OC2CCN(c3nc4c(cc3C)CN(C(=O)C3CC3(F)F)C4)CC2)cn1. The number of ether oxygens (including phenoxy) is 2. The largest absolute Gasteiger partial charge is 0.489 e. The molecule has 170 valence electrons. The minimum absolute atomic E-state index is 0.101. The van der Waals surface area contributed by atoms with Gasteiger partial charge in [-0.1, -0.05) is 0 Å². The number of rotatable bonds is 5. The van der Waals surface area contributed by atoms with Gasteiger partial charge in [-0.3, -0.25) is 4.79 Å². The fourth-order valence-electron chi connectivity index (χ4n) is 4.53. The number of carbonyl (C=O) groups excluding carboxylic acids is 1. The molecule has 1 aliphatic carbocycles. The van der Waals surface area contributed by atoms with Crippen LogP contribution in [0.2, 0.25) is 0 Å². The molecule has 5 rings (SSSR count). The zero-order chi connectivity index (χ0) is 22.5. The molecule has 1 saturated heterocycles. The second-order valence-corrected chi connectivity index (χ2v) is 8.79. The number of aryl methyl sites for hydroxylation is 1. The summed E-state index contributed by atoms with van der Waals surface area (Å²) in [5.74, 6) is -2.28. The summed E-state index contributed by atoms with van der Waals surface area (Å²) in [6, 6.07) is 5.68. The van der Waals surface area contributed by atoms with E-state index in [0.717, 1.165) is 54.3 Å². The number of halogens is 2. The second kappa shape index (κ2) is 7.86. The highest BCUT2D eigenvalue weighted by atomic mass is 19.3. The molecule has 4 heterocycles. The second-order valence-electron chi connectivity index (χ2n) is 8.79. The number of carbonyl (C=O) groups is 1. The Kier molecular flexibility index (Phi) is 5.14. The number of pyridine rings is 2. The summed E-state index contributed by atoms with van der Waals surface area (Å²) < 4.78 is 37.8. The lowest BCUT2D eigenvalue weighted by Crippen LogP contribution is -2.39. The Morgan fingerprint density at radius 3 is 2.59 bits per heavy atom. The molecular weight excluding hydrogens is 418 g/mol. The number of aromatic nitrogens is 2. The number of piperidine rings is 1. The molecule has 2 aromatic rings. The Hall–Kier alpha value is -2.97. The van der Waals surface area contributed by atoms with Crippen molar-refractivity contribution in [2.24, 2.45) is 5.92 Å². The first kappa shape index (κ1) is 20.9. The molecule has 0 bridgehead atoms. The molecule has 0 N–H and O–H groups in total. The highest BCUT2D eigenvalue weighted by Gasteiger charge is 2.62. The quantitative estimate of drug-likeness (QED) is 0.705. The van der Waals surface area contributed by atoms with E-state index in [-0.39, 0.29) is 12.5 Å². The summed E-state index contributed by atoms with van der Waals surface area (Å²) >= 11 is 0. The van der Waals surface area contributed by atoms with Crippen LogP contribution in [0.4, 0.5) is 14.6 Å². The molecule has 32 heavy (non-hydrogen) atoms. The third-order valence-corrected chi connectivity index (χ3v) is 6.46. The van der Waals surface area contributed by atoms with Crippen molar-refractivity contribution in [2.75, 3.05) is 25.1 Å². The average Bonchev–Trinajstić information content (AvgIpc) is 3.23. The van der Waals surface area contributed by atoms with Gasteiger partial charge >= 0.3 is 0 Å². The lowest BCUT2D eigenvalue weighted by Gasteiger charge is -2.34. The number of nitrogens with zero attached hydrogens (tertiary/aromatic N) is 4. The van der Waals surface area contributed by atoms with E-state index in [1.807, 2.05) is 19.1 Å². The smallest absolute Gasteiger partial charge is 0.260 e. The minimum Gasteiger partial charge on any atom is -0.489 e. The Balaban J connectivity index is 1.20. The minimum atomic E-state index is -2.84. The molecule has 1 unspecified atom stereocenters. The van der Waals surface area contributed by atoms with Crippen LogP contribution in [0.5, 0.6) is 11.6 Å². The van der Waals surface area contributed by atoms with Gasteiger partial charge in [-0.15, -0.1) is 0 Å². The van der Waals surface area contributed by atoms with Crippen LogP contribution >= 0.6 is 0 Å². The van der Waals surface area contributed by atoms with Gasteiger partial charge in [0, 0.05) is 45.0 Å². The number of hydrogen-bond donors (Lipinski definition) is 0. The third kappa shape index (κ3) is 3.96. The van der Waals surface area contributed by atoms with E-state index in [2.05, 4.69) is 9.88 Å². The Morgan fingerprint density at radius 1 is 1.22 bits per heavy atom. The van der Waals surface area contributed by atoms with Crippen LogP contribution in [0.1, 0.15) is 36.1 Å². The van der Waals surface area contributed by atoms with Gasteiger partial charge in [0.05, 0.1) is 25.5 Å². The standard InChI is InChI=1S/C23H26F2N4O3/c1-14-9-15-12-29(22(30)18-10-23(18,24)25)13-19(15)27-21(14)28-7-5-16(6-8-28)32-17-3-4-20(31-2)26-11-17/h3-4,9,11,16,18H,5-8,10,12-13H2,1-2H3. The van der Waals surface area contributed by atoms with E-state index in [4.69, 9.17) is 14.5 Å². The lowest BCUT2D eigenvalue weighted by molar-refractivity contribution is -0.135. The van der Waals surface area contributed by atoms with Crippen molar-refractivity contribution in [3.05, 3.63) is 41.2 Å². The van der Waals surface area contributed by atoms with Crippen LogP contribution in [0.25, 0.3) is 0 Å². The van der Waals surface area contributed by atoms with E-state index in [0.29, 0.717) is 19.0 Å². The summed E-state index contributed by atoms with van der Waals surface area (Å²) in [5, 5.41) is 0. The normalized spacial score (nSPS) is 21.9. The molecule has 0 radical (unpaired) electrons. The van der Waals surface area contributed by atoms with Gasteiger partial charge in [0.25, 0.3) is 5.92 Å². The van der Waals surface area contributed by atoms with Gasteiger partial charge in [0.2, 0.25) is 11.8 Å². The number of hydrogen-bond acceptors (Lipinski definition) is 6. The van der Waals surface area contributed by atoms with Gasteiger partial charge < -0.3 is 19.3 Å². The molecule has 1 atom stereocenters. The zero-order valence-electron chi connectivity index (χ0n) is 18.2. The van der Waals surface area contributed by atoms with Gasteiger partial charge in [-0.05, 0) is 30.2 Å². The van der Waals surface area contributed by atoms with Gasteiger partial charge in [0.15, 0.2) is 0 Å². The topological polar surface area (TPSA) is 67.8 Å². The van der Waals surface area contributed by atoms with Gasteiger partial charge in [-0.2, -0.15) is 0 Å². The molecule has 3 aliphatic rings. The van der Waals surface area contributed by atoms with Crippen molar-refractivity contribution in [2.45, 2.75) is 51.3 Å². The molecular formula is C23H26F2N4O3. The van der Waals surface area contributed by atoms with Crippen LogP contribution in [0, 0.1) is 12.8 Å². The Morgan fingerprint density at radius 2 is 1.97 bits per heavy atom. The number of amides is 1. The molecule has 0 spiro atoms. The molecule has 7 nitrogen and oxygen atoms in total. The summed E-state index contributed by atoms with van der Waals surface area (Å²) in [6.45, 7) is 4.28. The van der Waals surface area contributed by atoms with E-state index < -0.39 is 17.7 Å². The molecule has 1 saturated carbocycles. The maximum absolute atomic E-state index is 13.3. The van der Waals surface area contributed by atoms with E-state index in [9.17, 15) is 13.6 Å². The Labute approximate surface area is 185 Å². The summed E-state index contributed by atoms with van der Waals surface area (Å²) in [7, 11) is 1.58. The van der Waals surface area contributed by atoms with Crippen molar-refractivity contribution in [3.8, 4) is 11.6 Å². The van der Waals surface area contributed by atoms with Crippen molar-refractivity contribution >= 4 is 11.7 Å². The highest BCUT2D eigenvalue weighted by Crippen LogP contribution is 2.50. The first-order valence-corrected chi connectivity index (χ1v) is 10.9. The number of fused-ring (bicyclic) bond motifs is 1. The summed E-state index contributed by atoms with van der Waals surface area (Å²) in [5.41, 5.74) is 2.80. The van der Waals surface area contributed by atoms with E-state index in [1.54, 1.807) is 19.4 Å². The van der Waals surface area contributed by atoms with Crippen LogP contribution in [-0.4, -0.2) is 53.0 Å². The Bertz CT molecular complexity index is 1020. The van der Waals surface area contributed by atoms with Crippen LogP contribution < -0.4 is 14.4 Å². The monoisotopic (exact) mass is 444 g/mol. The van der Waals surface area contributed by atoms with E-state index in [1.165, 1.54) is 4.90 Å². The molecule has 1 amide bonds. The van der Waals surface area contributed by atoms with Crippen LogP contribution in [-0.2, 0) is 17.9 Å².